The quantitative estimate of drug-likeness (QED) is 0.306. The van der Waals surface area contributed by atoms with Gasteiger partial charge in [0.25, 0.3) is 5.91 Å². The number of hydrogen-bond acceptors (Lipinski definition) is 3. The molecular weight excluding hydrogens is 170 g/mol. The Morgan fingerprint density at radius 1 is 1.23 bits per heavy atom. The van der Waals surface area contributed by atoms with Crippen molar-refractivity contribution in [3.8, 4) is 0 Å². The first-order chi connectivity index (χ1) is 5.63. The monoisotopic (exact) mass is 187 g/mol. The van der Waals surface area contributed by atoms with E-state index in [1.165, 1.54) is 13.8 Å². The number of rotatable bonds is 2. The van der Waals surface area contributed by atoms with Gasteiger partial charge in [-0.1, -0.05) is 0 Å². The lowest BCUT2D eigenvalue weighted by atomic mass is 9.92. The van der Waals surface area contributed by atoms with Gasteiger partial charge in [0.05, 0.1) is 5.54 Å². The molecule has 0 radical (unpaired) electrons. The smallest absolute Gasteiger partial charge is 0.259 e. The van der Waals surface area contributed by atoms with Gasteiger partial charge in [-0.15, -0.1) is 0 Å². The molecule has 0 bridgehead atoms. The first kappa shape index (κ1) is 12.1. The molecule has 0 fully saturated rings. The standard InChI is InChI=1S/C9H17NO3/c1-8(2,3)10(13)7(12)9(4,5)6-11/h6,13H,1-5H3. The summed E-state index contributed by atoms with van der Waals surface area (Å²) in [6.45, 7) is 8.00. The number of aldehydes is 1. The lowest BCUT2D eigenvalue weighted by Crippen LogP contribution is -2.49. The van der Waals surface area contributed by atoms with Crippen molar-refractivity contribution in [3.63, 3.8) is 0 Å². The van der Waals surface area contributed by atoms with Gasteiger partial charge in [-0.25, -0.2) is 5.06 Å². The van der Waals surface area contributed by atoms with Crippen LogP contribution in [0.1, 0.15) is 34.6 Å². The number of hydroxylamine groups is 2. The van der Waals surface area contributed by atoms with Crippen molar-refractivity contribution in [1.82, 2.24) is 5.06 Å². The minimum atomic E-state index is -1.16. The highest BCUT2D eigenvalue weighted by atomic mass is 16.5. The Morgan fingerprint density at radius 2 is 1.62 bits per heavy atom. The highest BCUT2D eigenvalue weighted by Gasteiger charge is 2.36. The maximum absolute atomic E-state index is 11.5. The van der Waals surface area contributed by atoms with Crippen LogP contribution in [0, 0.1) is 5.41 Å². The third-order valence-electron chi connectivity index (χ3n) is 1.67. The van der Waals surface area contributed by atoms with Crippen LogP contribution in [0.2, 0.25) is 0 Å². The summed E-state index contributed by atoms with van der Waals surface area (Å²) in [4.78, 5) is 22.0. The van der Waals surface area contributed by atoms with Gasteiger partial charge >= 0.3 is 0 Å². The van der Waals surface area contributed by atoms with E-state index < -0.39 is 16.9 Å². The first-order valence-electron chi connectivity index (χ1n) is 4.13. The van der Waals surface area contributed by atoms with Crippen LogP contribution in [-0.4, -0.2) is 28.0 Å². The fourth-order valence-electron chi connectivity index (χ4n) is 0.628. The van der Waals surface area contributed by atoms with Crippen LogP contribution in [0.3, 0.4) is 0 Å². The van der Waals surface area contributed by atoms with Crippen LogP contribution in [0.15, 0.2) is 0 Å². The van der Waals surface area contributed by atoms with E-state index in [0.29, 0.717) is 11.3 Å². The number of nitrogens with zero attached hydrogens (tertiary/aromatic N) is 1. The van der Waals surface area contributed by atoms with Gasteiger partial charge < -0.3 is 4.79 Å². The Kier molecular flexibility index (Phi) is 3.22. The SMILES string of the molecule is CC(C)(C=O)C(=O)N(O)C(C)(C)C. The average Bonchev–Trinajstić information content (AvgIpc) is 2.00. The number of amides is 1. The third-order valence-corrected chi connectivity index (χ3v) is 1.67. The van der Waals surface area contributed by atoms with Gasteiger partial charge in [0.15, 0.2) is 0 Å². The van der Waals surface area contributed by atoms with Crippen molar-refractivity contribution >= 4 is 12.2 Å². The molecule has 0 spiro atoms. The third kappa shape index (κ3) is 2.81. The Balaban J connectivity index is 4.72. The van der Waals surface area contributed by atoms with E-state index in [1.54, 1.807) is 20.8 Å². The Labute approximate surface area is 78.5 Å². The van der Waals surface area contributed by atoms with Gasteiger partial charge in [0.2, 0.25) is 0 Å². The second-order valence-corrected chi connectivity index (χ2v) is 4.63. The molecule has 13 heavy (non-hydrogen) atoms. The molecule has 0 rings (SSSR count). The van der Waals surface area contributed by atoms with E-state index in [9.17, 15) is 14.8 Å². The van der Waals surface area contributed by atoms with Gasteiger partial charge in [-0.3, -0.25) is 10.0 Å². The average molecular weight is 187 g/mol. The van der Waals surface area contributed by atoms with E-state index in [2.05, 4.69) is 0 Å². The second-order valence-electron chi connectivity index (χ2n) is 4.63. The molecule has 0 aliphatic carbocycles. The Morgan fingerprint density at radius 3 is 1.85 bits per heavy atom. The van der Waals surface area contributed by atoms with E-state index >= 15 is 0 Å². The number of hydrogen-bond donors (Lipinski definition) is 1. The topological polar surface area (TPSA) is 57.6 Å². The molecule has 4 heteroatoms. The summed E-state index contributed by atoms with van der Waals surface area (Å²) >= 11 is 0. The predicted octanol–water partition coefficient (Wildman–Crippen LogP) is 1.23. The minimum Gasteiger partial charge on any atom is -0.302 e. The molecule has 0 saturated carbocycles. The van der Waals surface area contributed by atoms with Crippen molar-refractivity contribution in [2.24, 2.45) is 5.41 Å². The Hall–Kier alpha value is -0.900. The maximum Gasteiger partial charge on any atom is 0.259 e. The zero-order chi connectivity index (χ0) is 10.9. The molecule has 0 heterocycles. The van der Waals surface area contributed by atoms with Crippen molar-refractivity contribution < 1.29 is 14.8 Å². The highest BCUT2D eigenvalue weighted by molar-refractivity contribution is 5.95. The fourth-order valence-corrected chi connectivity index (χ4v) is 0.628. The lowest BCUT2D eigenvalue weighted by Gasteiger charge is -2.33. The first-order valence-corrected chi connectivity index (χ1v) is 4.13. The molecule has 0 unspecified atom stereocenters. The normalized spacial score (nSPS) is 12.5. The van der Waals surface area contributed by atoms with Gasteiger partial charge in [-0.2, -0.15) is 0 Å². The van der Waals surface area contributed by atoms with Gasteiger partial charge in [-0.05, 0) is 34.6 Å². The van der Waals surface area contributed by atoms with Crippen LogP contribution < -0.4 is 0 Å². The molecule has 1 amide bonds. The van der Waals surface area contributed by atoms with Crippen molar-refractivity contribution in [1.29, 1.82) is 0 Å². The number of carbonyl (C=O) groups excluding carboxylic acids is 2. The van der Waals surface area contributed by atoms with Crippen LogP contribution in [0.5, 0.6) is 0 Å². The summed E-state index contributed by atoms with van der Waals surface area (Å²) in [7, 11) is 0. The second kappa shape index (κ2) is 3.46. The predicted molar refractivity (Wildman–Crippen MR) is 48.2 cm³/mol. The fraction of sp³-hybridized carbons (Fsp3) is 0.778. The zero-order valence-electron chi connectivity index (χ0n) is 8.79. The summed E-state index contributed by atoms with van der Waals surface area (Å²) < 4.78 is 0. The molecule has 0 aromatic heterocycles. The maximum atomic E-state index is 11.5. The summed E-state index contributed by atoms with van der Waals surface area (Å²) in [5, 5.41) is 10.0. The van der Waals surface area contributed by atoms with Crippen LogP contribution in [-0.2, 0) is 9.59 Å². The van der Waals surface area contributed by atoms with E-state index in [4.69, 9.17) is 0 Å². The molecule has 0 aromatic carbocycles. The largest absolute Gasteiger partial charge is 0.302 e. The molecule has 76 valence electrons. The van der Waals surface area contributed by atoms with Crippen LogP contribution in [0.4, 0.5) is 0 Å². The summed E-state index contributed by atoms with van der Waals surface area (Å²) in [6.07, 6.45) is 0.532. The van der Waals surface area contributed by atoms with Gasteiger partial charge in [0.1, 0.15) is 11.7 Å². The molecule has 0 saturated heterocycles. The lowest BCUT2D eigenvalue weighted by molar-refractivity contribution is -0.195. The minimum absolute atomic E-state index is 0.532. The molecule has 4 nitrogen and oxygen atoms in total. The van der Waals surface area contributed by atoms with Crippen LogP contribution >= 0.6 is 0 Å². The van der Waals surface area contributed by atoms with Crippen molar-refractivity contribution in [2.75, 3.05) is 0 Å². The van der Waals surface area contributed by atoms with Crippen molar-refractivity contribution in [2.45, 2.75) is 40.2 Å². The molecular formula is C9H17NO3. The molecule has 1 N–H and O–H groups in total. The summed E-state index contributed by atoms with van der Waals surface area (Å²) in [5.41, 5.74) is -1.85. The molecule has 0 aromatic rings. The highest BCUT2D eigenvalue weighted by Crippen LogP contribution is 2.20. The van der Waals surface area contributed by atoms with Crippen molar-refractivity contribution in [3.05, 3.63) is 0 Å². The summed E-state index contributed by atoms with van der Waals surface area (Å²) in [5.74, 6) is -0.588. The van der Waals surface area contributed by atoms with Gasteiger partial charge in [0, 0.05) is 0 Å². The Bertz CT molecular complexity index is 215. The molecule has 0 aliphatic heterocycles. The number of carbonyl (C=O) groups is 2. The van der Waals surface area contributed by atoms with Crippen LogP contribution in [0.25, 0.3) is 0 Å². The van der Waals surface area contributed by atoms with E-state index in [0.717, 1.165) is 0 Å². The zero-order valence-corrected chi connectivity index (χ0v) is 8.79. The molecule has 0 aliphatic rings. The van der Waals surface area contributed by atoms with E-state index in [-0.39, 0.29) is 0 Å². The molecule has 0 atom stereocenters. The van der Waals surface area contributed by atoms with E-state index in [1.807, 2.05) is 0 Å². The summed E-state index contributed by atoms with van der Waals surface area (Å²) in [6, 6.07) is 0.